The van der Waals surface area contributed by atoms with Crippen LogP contribution in [0.4, 0.5) is 0 Å². The zero-order valence-electron chi connectivity index (χ0n) is 7.33. The van der Waals surface area contributed by atoms with Crippen LogP contribution in [0.15, 0.2) is 30.5 Å². The van der Waals surface area contributed by atoms with Crippen molar-refractivity contribution >= 4 is 24.1 Å². The molecule has 1 heterocycles. The third kappa shape index (κ3) is 1.25. The summed E-state index contributed by atoms with van der Waals surface area (Å²) in [7, 11) is 0.0301. The molecule has 0 spiro atoms. The SMILES string of the molecule is CP(C)c1ccc2cc[nH]c2c1. The van der Waals surface area contributed by atoms with E-state index < -0.39 is 0 Å². The van der Waals surface area contributed by atoms with Crippen LogP contribution in [0.1, 0.15) is 0 Å². The second-order valence-corrected chi connectivity index (χ2v) is 5.45. The van der Waals surface area contributed by atoms with Crippen molar-refractivity contribution in [3.8, 4) is 0 Å². The van der Waals surface area contributed by atoms with Crippen LogP contribution in [0, 0.1) is 0 Å². The summed E-state index contributed by atoms with van der Waals surface area (Å²) in [5.41, 5.74) is 1.25. The van der Waals surface area contributed by atoms with Crippen molar-refractivity contribution < 1.29 is 0 Å². The van der Waals surface area contributed by atoms with Crippen molar-refractivity contribution in [3.63, 3.8) is 0 Å². The number of hydrogen-bond donors (Lipinski definition) is 1. The highest BCUT2D eigenvalue weighted by molar-refractivity contribution is 7.64. The molecule has 0 radical (unpaired) electrons. The standard InChI is InChI=1S/C10H12NP/c1-12(2)9-4-3-8-5-6-11-10(8)7-9/h3-7,11H,1-2H3. The van der Waals surface area contributed by atoms with Crippen LogP contribution in [0.25, 0.3) is 10.9 Å². The van der Waals surface area contributed by atoms with Gasteiger partial charge in [0, 0.05) is 11.7 Å². The molecule has 1 N–H and O–H groups in total. The fourth-order valence-corrected chi connectivity index (χ4v) is 2.07. The Morgan fingerprint density at radius 2 is 2.00 bits per heavy atom. The lowest BCUT2D eigenvalue weighted by Crippen LogP contribution is -1.96. The Labute approximate surface area is 73.6 Å². The quantitative estimate of drug-likeness (QED) is 0.644. The number of benzene rings is 1. The first kappa shape index (κ1) is 7.82. The largest absolute Gasteiger partial charge is 0.361 e. The van der Waals surface area contributed by atoms with Gasteiger partial charge in [0.2, 0.25) is 0 Å². The number of nitrogens with one attached hydrogen (secondary N) is 1. The number of H-pyrrole nitrogens is 1. The topological polar surface area (TPSA) is 15.8 Å². The van der Waals surface area contributed by atoms with Crippen molar-refractivity contribution in [1.29, 1.82) is 0 Å². The van der Waals surface area contributed by atoms with E-state index in [1.807, 2.05) is 6.20 Å². The summed E-state index contributed by atoms with van der Waals surface area (Å²) in [4.78, 5) is 3.23. The van der Waals surface area contributed by atoms with E-state index in [-0.39, 0.29) is 7.92 Å². The molecule has 12 heavy (non-hydrogen) atoms. The molecule has 0 unspecified atom stereocenters. The molecule has 0 saturated heterocycles. The van der Waals surface area contributed by atoms with Gasteiger partial charge in [-0.1, -0.05) is 20.1 Å². The highest BCUT2D eigenvalue weighted by Gasteiger charge is 1.99. The zero-order chi connectivity index (χ0) is 8.55. The van der Waals surface area contributed by atoms with Crippen molar-refractivity contribution in [2.24, 2.45) is 0 Å². The minimum absolute atomic E-state index is 0.0301. The van der Waals surface area contributed by atoms with Crippen LogP contribution in [0.3, 0.4) is 0 Å². The van der Waals surface area contributed by atoms with Gasteiger partial charge >= 0.3 is 0 Å². The highest BCUT2D eigenvalue weighted by Crippen LogP contribution is 2.24. The first-order valence-electron chi connectivity index (χ1n) is 4.02. The van der Waals surface area contributed by atoms with Gasteiger partial charge in [-0.2, -0.15) is 0 Å². The van der Waals surface area contributed by atoms with Crippen LogP contribution in [0.2, 0.25) is 0 Å². The average molecular weight is 177 g/mol. The zero-order valence-corrected chi connectivity index (χ0v) is 8.23. The first-order chi connectivity index (χ1) is 5.77. The second-order valence-electron chi connectivity index (χ2n) is 3.14. The molecule has 2 heteroatoms. The molecule has 1 aromatic heterocycles. The highest BCUT2D eigenvalue weighted by atomic mass is 31.1. The van der Waals surface area contributed by atoms with Crippen LogP contribution < -0.4 is 5.30 Å². The molecule has 0 aliphatic heterocycles. The van der Waals surface area contributed by atoms with Crippen LogP contribution in [-0.4, -0.2) is 18.3 Å². The molecule has 62 valence electrons. The van der Waals surface area contributed by atoms with Crippen LogP contribution in [-0.2, 0) is 0 Å². The number of aromatic nitrogens is 1. The summed E-state index contributed by atoms with van der Waals surface area (Å²) in [6.07, 6.45) is 1.99. The molecular formula is C10H12NP. The molecule has 0 fully saturated rings. The van der Waals surface area contributed by atoms with Crippen molar-refractivity contribution in [1.82, 2.24) is 4.98 Å². The van der Waals surface area contributed by atoms with E-state index in [4.69, 9.17) is 0 Å². The lowest BCUT2D eigenvalue weighted by molar-refractivity contribution is 1.48. The lowest BCUT2D eigenvalue weighted by atomic mass is 10.2. The Morgan fingerprint density at radius 3 is 2.75 bits per heavy atom. The van der Waals surface area contributed by atoms with E-state index in [1.54, 1.807) is 0 Å². The number of fused-ring (bicyclic) bond motifs is 1. The molecule has 1 aromatic carbocycles. The smallest absolute Gasteiger partial charge is 0.0460 e. The van der Waals surface area contributed by atoms with Crippen molar-refractivity contribution in [3.05, 3.63) is 30.5 Å². The Morgan fingerprint density at radius 1 is 1.17 bits per heavy atom. The summed E-state index contributed by atoms with van der Waals surface area (Å²) >= 11 is 0. The Hall–Kier alpha value is -0.810. The van der Waals surface area contributed by atoms with Crippen LogP contribution in [0.5, 0.6) is 0 Å². The third-order valence-corrected chi connectivity index (χ3v) is 3.37. The summed E-state index contributed by atoms with van der Waals surface area (Å²) in [6.45, 7) is 4.55. The van der Waals surface area contributed by atoms with Gasteiger partial charge in [-0.3, -0.25) is 0 Å². The molecular weight excluding hydrogens is 165 g/mol. The summed E-state index contributed by atoms with van der Waals surface area (Å²) in [6, 6.07) is 8.76. The van der Waals surface area contributed by atoms with E-state index in [0.717, 1.165) is 0 Å². The second kappa shape index (κ2) is 2.91. The minimum Gasteiger partial charge on any atom is -0.361 e. The molecule has 0 amide bonds. The Bertz CT molecular complexity index is 389. The summed E-state index contributed by atoms with van der Waals surface area (Å²) < 4.78 is 0. The maximum atomic E-state index is 3.23. The van der Waals surface area contributed by atoms with Gasteiger partial charge in [-0.15, -0.1) is 0 Å². The van der Waals surface area contributed by atoms with Gasteiger partial charge in [0.15, 0.2) is 0 Å². The fraction of sp³-hybridized carbons (Fsp3) is 0.200. The van der Waals surface area contributed by atoms with Gasteiger partial charge in [0.1, 0.15) is 0 Å². The van der Waals surface area contributed by atoms with Crippen molar-refractivity contribution in [2.75, 3.05) is 13.3 Å². The van der Waals surface area contributed by atoms with Gasteiger partial charge in [0.05, 0.1) is 0 Å². The van der Waals surface area contributed by atoms with Crippen LogP contribution >= 0.6 is 7.92 Å². The van der Waals surface area contributed by atoms with E-state index in [1.165, 1.54) is 16.2 Å². The third-order valence-electron chi connectivity index (χ3n) is 2.06. The minimum atomic E-state index is 0.0301. The normalized spacial score (nSPS) is 11.2. The number of hydrogen-bond acceptors (Lipinski definition) is 0. The molecule has 0 saturated carbocycles. The maximum Gasteiger partial charge on any atom is 0.0460 e. The maximum absolute atomic E-state index is 3.23. The molecule has 2 rings (SSSR count). The Balaban J connectivity index is 2.60. The van der Waals surface area contributed by atoms with Gasteiger partial charge in [0.25, 0.3) is 0 Å². The lowest BCUT2D eigenvalue weighted by Gasteiger charge is -2.04. The van der Waals surface area contributed by atoms with E-state index in [0.29, 0.717) is 0 Å². The molecule has 1 nitrogen and oxygen atoms in total. The van der Waals surface area contributed by atoms with Gasteiger partial charge in [-0.25, -0.2) is 0 Å². The molecule has 0 aliphatic carbocycles. The van der Waals surface area contributed by atoms with E-state index in [2.05, 4.69) is 42.6 Å². The summed E-state index contributed by atoms with van der Waals surface area (Å²) in [5.74, 6) is 0. The molecule has 0 bridgehead atoms. The Kier molecular flexibility index (Phi) is 1.90. The van der Waals surface area contributed by atoms with E-state index in [9.17, 15) is 0 Å². The van der Waals surface area contributed by atoms with Gasteiger partial charge in [-0.05, 0) is 36.2 Å². The average Bonchev–Trinajstić information content (AvgIpc) is 2.49. The molecule has 2 aromatic rings. The predicted molar refractivity (Wildman–Crippen MR) is 56.7 cm³/mol. The fourth-order valence-electron chi connectivity index (χ4n) is 1.31. The van der Waals surface area contributed by atoms with E-state index >= 15 is 0 Å². The number of aromatic amines is 1. The predicted octanol–water partition coefficient (Wildman–Crippen LogP) is 2.53. The molecule has 0 atom stereocenters. The first-order valence-corrected chi connectivity index (χ1v) is 6.25. The van der Waals surface area contributed by atoms with Gasteiger partial charge < -0.3 is 4.98 Å². The molecule has 0 aliphatic rings. The van der Waals surface area contributed by atoms with Crippen molar-refractivity contribution in [2.45, 2.75) is 0 Å². The summed E-state index contributed by atoms with van der Waals surface area (Å²) in [5, 5.41) is 2.76. The monoisotopic (exact) mass is 177 g/mol. The number of rotatable bonds is 1.